The first-order chi connectivity index (χ1) is 16.1. The van der Waals surface area contributed by atoms with Gasteiger partial charge >= 0.3 is 5.69 Å². The zero-order chi connectivity index (χ0) is 23.2. The van der Waals surface area contributed by atoms with Crippen molar-refractivity contribution in [3.8, 4) is 0 Å². The first-order valence-corrected chi connectivity index (χ1v) is 13.3. The van der Waals surface area contributed by atoms with Gasteiger partial charge in [0.15, 0.2) is 0 Å². The molecule has 0 radical (unpaired) electrons. The number of hydrogen-bond acceptors (Lipinski definition) is 5. The lowest BCUT2D eigenvalue weighted by atomic mass is 9.92. The molecule has 1 N–H and O–H groups in total. The zero-order valence-corrected chi connectivity index (χ0v) is 21.1. The van der Waals surface area contributed by atoms with Crippen LogP contribution < -0.4 is 15.8 Å². The fourth-order valence-corrected chi connectivity index (χ4v) is 5.66. The Kier molecular flexibility index (Phi) is 8.02. The zero-order valence-electron chi connectivity index (χ0n) is 20.3. The van der Waals surface area contributed by atoms with Crippen molar-refractivity contribution in [1.29, 1.82) is 0 Å². The molecule has 6 nitrogen and oxygen atoms in total. The lowest BCUT2D eigenvalue weighted by molar-refractivity contribution is 0.577. The molecule has 0 unspecified atom stereocenters. The van der Waals surface area contributed by atoms with Gasteiger partial charge in [-0.3, -0.25) is 14.5 Å². The maximum absolute atomic E-state index is 12.4. The van der Waals surface area contributed by atoms with Gasteiger partial charge in [0.1, 0.15) is 0 Å². The molecular weight excluding hydrogens is 430 g/mol. The molecule has 178 valence electrons. The van der Waals surface area contributed by atoms with E-state index in [4.69, 9.17) is 9.98 Å². The molecule has 1 aliphatic carbocycles. The highest BCUT2D eigenvalue weighted by Gasteiger charge is 2.17. The molecular formula is C26H37N5OS. The molecule has 0 spiro atoms. The van der Waals surface area contributed by atoms with E-state index in [9.17, 15) is 4.79 Å². The largest absolute Gasteiger partial charge is 0.384 e. The third kappa shape index (κ3) is 5.40. The summed E-state index contributed by atoms with van der Waals surface area (Å²) in [6.45, 7) is 8.54. The molecule has 2 aromatic heterocycles. The number of aromatic nitrogens is 3. The molecule has 0 aliphatic heterocycles. The summed E-state index contributed by atoms with van der Waals surface area (Å²) in [5, 5.41) is 5.02. The molecule has 2 heterocycles. The molecule has 1 aromatic carbocycles. The van der Waals surface area contributed by atoms with Gasteiger partial charge in [0, 0.05) is 42.4 Å². The number of pyridine rings is 1. The molecule has 0 bridgehead atoms. The van der Waals surface area contributed by atoms with E-state index >= 15 is 0 Å². The summed E-state index contributed by atoms with van der Waals surface area (Å²) in [6, 6.07) is 8.71. The Labute approximate surface area is 200 Å². The Hall–Kier alpha value is -2.41. The molecule has 0 atom stereocenters. The van der Waals surface area contributed by atoms with Crippen LogP contribution in [0, 0.1) is 0 Å². The van der Waals surface area contributed by atoms with Gasteiger partial charge in [-0.05, 0) is 82.5 Å². The number of unbranched alkanes of at least 4 members (excludes halogenated alkanes) is 3. The van der Waals surface area contributed by atoms with Gasteiger partial charge in [-0.1, -0.05) is 31.0 Å². The maximum Gasteiger partial charge on any atom is 0.340 e. The van der Waals surface area contributed by atoms with Gasteiger partial charge in [-0.2, -0.15) is 0 Å². The Morgan fingerprint density at radius 3 is 2.73 bits per heavy atom. The number of fused-ring (bicyclic) bond motifs is 2. The van der Waals surface area contributed by atoms with E-state index in [2.05, 4.69) is 29.6 Å². The second-order valence-electron chi connectivity index (χ2n) is 9.18. The minimum Gasteiger partial charge on any atom is -0.384 e. The SMILES string of the molecule is CCn1c(=O)n(C(C)C)s/c1=N/CCCCCCNc1c2c(nc3ccccc13)CCCC2. The number of anilines is 1. The first-order valence-electron chi connectivity index (χ1n) is 12.6. The van der Waals surface area contributed by atoms with Crippen molar-refractivity contribution in [2.24, 2.45) is 4.99 Å². The van der Waals surface area contributed by atoms with E-state index < -0.39 is 0 Å². The first kappa shape index (κ1) is 23.7. The average molecular weight is 468 g/mol. The quantitative estimate of drug-likeness (QED) is 0.411. The lowest BCUT2D eigenvalue weighted by Crippen LogP contribution is -2.29. The minimum atomic E-state index is 0.0631. The van der Waals surface area contributed by atoms with Crippen LogP contribution in [0.3, 0.4) is 0 Å². The second-order valence-corrected chi connectivity index (χ2v) is 10.1. The van der Waals surface area contributed by atoms with Gasteiger partial charge in [0.2, 0.25) is 4.80 Å². The van der Waals surface area contributed by atoms with E-state index in [0.717, 1.165) is 55.5 Å². The van der Waals surface area contributed by atoms with Crippen LogP contribution in [-0.2, 0) is 19.4 Å². The lowest BCUT2D eigenvalue weighted by Gasteiger charge is -2.21. The third-order valence-corrected chi connectivity index (χ3v) is 7.71. The second kappa shape index (κ2) is 11.1. The monoisotopic (exact) mass is 467 g/mol. The van der Waals surface area contributed by atoms with Crippen LogP contribution in [0.5, 0.6) is 0 Å². The standard InChI is InChI=1S/C26H37N5OS/c1-4-30-25(33-31(19(2)3)26(30)32)28-18-12-6-5-11-17-27-24-20-13-7-9-15-22(20)29-23-16-10-8-14-21(23)24/h7,9,13,15,19H,4-6,8,10-12,14,16-18H2,1-3H3,(H,27,29)/b28-25+. The van der Waals surface area contributed by atoms with E-state index in [1.165, 1.54) is 53.1 Å². The molecule has 0 amide bonds. The Morgan fingerprint density at radius 2 is 1.91 bits per heavy atom. The van der Waals surface area contributed by atoms with Gasteiger partial charge in [0.25, 0.3) is 0 Å². The van der Waals surface area contributed by atoms with Crippen LogP contribution in [0.4, 0.5) is 5.69 Å². The van der Waals surface area contributed by atoms with Gasteiger partial charge in [0.05, 0.1) is 5.52 Å². The summed E-state index contributed by atoms with van der Waals surface area (Å²) in [5.74, 6) is 0. The van der Waals surface area contributed by atoms with Gasteiger partial charge < -0.3 is 5.32 Å². The number of hydrogen-bond donors (Lipinski definition) is 1. The fraction of sp³-hybridized carbons (Fsp3) is 0.577. The number of rotatable bonds is 10. The molecule has 7 heteroatoms. The van der Waals surface area contributed by atoms with Crippen LogP contribution >= 0.6 is 11.5 Å². The van der Waals surface area contributed by atoms with E-state index in [1.54, 1.807) is 4.57 Å². The molecule has 3 aromatic rings. The number of nitrogens with one attached hydrogen (secondary N) is 1. The van der Waals surface area contributed by atoms with Crippen LogP contribution in [0.2, 0.25) is 0 Å². The number of nitrogens with zero attached hydrogens (tertiary/aromatic N) is 4. The molecule has 1 aliphatic rings. The Balaban J connectivity index is 1.28. The Bertz CT molecular complexity index is 1200. The highest BCUT2D eigenvalue weighted by Crippen LogP contribution is 2.33. The van der Waals surface area contributed by atoms with Crippen LogP contribution in [0.25, 0.3) is 10.9 Å². The highest BCUT2D eigenvalue weighted by atomic mass is 32.1. The third-order valence-electron chi connectivity index (χ3n) is 6.42. The maximum atomic E-state index is 12.4. The van der Waals surface area contributed by atoms with Crippen molar-refractivity contribution >= 4 is 28.1 Å². The van der Waals surface area contributed by atoms with E-state index in [0.29, 0.717) is 6.54 Å². The average Bonchev–Trinajstić information content (AvgIpc) is 3.15. The van der Waals surface area contributed by atoms with Crippen molar-refractivity contribution in [3.63, 3.8) is 0 Å². The van der Waals surface area contributed by atoms with Crippen molar-refractivity contribution in [2.45, 2.75) is 84.7 Å². The molecule has 33 heavy (non-hydrogen) atoms. The minimum absolute atomic E-state index is 0.0631. The topological polar surface area (TPSA) is 64.2 Å². The molecule has 0 saturated heterocycles. The predicted octanol–water partition coefficient (Wildman–Crippen LogP) is 5.31. The summed E-state index contributed by atoms with van der Waals surface area (Å²) >= 11 is 1.49. The molecule has 0 fully saturated rings. The van der Waals surface area contributed by atoms with Crippen LogP contribution in [-0.4, -0.2) is 26.6 Å². The highest BCUT2D eigenvalue weighted by molar-refractivity contribution is 7.03. The van der Waals surface area contributed by atoms with Crippen molar-refractivity contribution in [3.05, 3.63) is 50.8 Å². The normalized spacial score (nSPS) is 14.2. The van der Waals surface area contributed by atoms with E-state index in [-0.39, 0.29) is 11.7 Å². The van der Waals surface area contributed by atoms with Gasteiger partial charge in [-0.15, -0.1) is 0 Å². The van der Waals surface area contributed by atoms with Crippen LogP contribution in [0.15, 0.2) is 34.1 Å². The van der Waals surface area contributed by atoms with Crippen molar-refractivity contribution in [2.75, 3.05) is 18.4 Å². The summed E-state index contributed by atoms with van der Waals surface area (Å²) in [6.07, 6.45) is 9.31. The Morgan fingerprint density at radius 1 is 1.12 bits per heavy atom. The van der Waals surface area contributed by atoms with Crippen molar-refractivity contribution in [1.82, 2.24) is 13.5 Å². The summed E-state index contributed by atoms with van der Waals surface area (Å²) < 4.78 is 3.60. The summed E-state index contributed by atoms with van der Waals surface area (Å²) in [5.41, 5.74) is 5.23. The van der Waals surface area contributed by atoms with E-state index in [1.807, 2.05) is 24.7 Å². The summed E-state index contributed by atoms with van der Waals surface area (Å²) in [7, 11) is 0. The molecule has 0 saturated carbocycles. The summed E-state index contributed by atoms with van der Waals surface area (Å²) in [4.78, 5) is 22.9. The fourth-order valence-electron chi connectivity index (χ4n) is 4.64. The number of aryl methyl sites for hydroxylation is 1. The number of para-hydroxylation sites is 1. The molecule has 4 rings (SSSR count). The van der Waals surface area contributed by atoms with Crippen molar-refractivity contribution < 1.29 is 0 Å². The smallest absolute Gasteiger partial charge is 0.340 e. The predicted molar refractivity (Wildman–Crippen MR) is 138 cm³/mol. The van der Waals surface area contributed by atoms with Crippen LogP contribution in [0.1, 0.15) is 76.6 Å². The number of benzene rings is 1. The van der Waals surface area contributed by atoms with Gasteiger partial charge in [-0.25, -0.2) is 8.75 Å².